The van der Waals surface area contributed by atoms with Crippen molar-refractivity contribution in [1.29, 1.82) is 0 Å². The molecule has 0 radical (unpaired) electrons. The maximum Gasteiger partial charge on any atom is 0.416 e. The molecule has 0 saturated carbocycles. The van der Waals surface area contributed by atoms with E-state index in [0.29, 0.717) is 0 Å². The number of halogens is 3. The molecule has 0 aliphatic rings. The third-order valence-corrected chi connectivity index (χ3v) is 4.20. The molecule has 0 saturated heterocycles. The highest BCUT2D eigenvalue weighted by Crippen LogP contribution is 2.30. The molecule has 1 aromatic carbocycles. The number of alkyl halides is 3. The summed E-state index contributed by atoms with van der Waals surface area (Å²) in [5, 5.41) is 0. The van der Waals surface area contributed by atoms with E-state index in [1.165, 1.54) is 35.4 Å². The number of aromatic nitrogens is 4. The van der Waals surface area contributed by atoms with Crippen molar-refractivity contribution in [2.45, 2.75) is 6.18 Å². The number of hydrogen-bond donors (Lipinski definition) is 0. The number of imidazole rings is 1. The van der Waals surface area contributed by atoms with Gasteiger partial charge >= 0.3 is 11.9 Å². The smallest absolute Gasteiger partial charge is 0.416 e. The number of rotatable bonds is 5. The van der Waals surface area contributed by atoms with Crippen LogP contribution in [0, 0.1) is 0 Å². The third kappa shape index (κ3) is 3.47. The van der Waals surface area contributed by atoms with Crippen LogP contribution >= 0.6 is 0 Å². The van der Waals surface area contributed by atoms with Crippen LogP contribution in [0.25, 0.3) is 11.2 Å². The van der Waals surface area contributed by atoms with Crippen LogP contribution in [0.4, 0.5) is 13.2 Å². The van der Waals surface area contributed by atoms with Crippen molar-refractivity contribution in [3.8, 4) is 11.8 Å². The molecule has 3 rings (SSSR count). The van der Waals surface area contributed by atoms with Crippen molar-refractivity contribution < 1.29 is 22.6 Å². The molecule has 0 N–H and O–H groups in total. The highest BCUT2D eigenvalue weighted by Gasteiger charge is 2.30. The summed E-state index contributed by atoms with van der Waals surface area (Å²) in [5.41, 5.74) is -1.36. The van der Waals surface area contributed by atoms with Crippen LogP contribution in [-0.4, -0.2) is 31.9 Å². The fourth-order valence-corrected chi connectivity index (χ4v) is 2.66. The van der Waals surface area contributed by atoms with E-state index in [1.807, 2.05) is 0 Å². The van der Waals surface area contributed by atoms with E-state index >= 15 is 0 Å². The second-order valence-corrected chi connectivity index (χ2v) is 6.05. The Bertz CT molecular complexity index is 1130. The number of hydrogen-bond acceptors (Lipinski definition) is 5. The standard InChI is InChI=1S/C17H17F3N4O4/c1-22-12-13(23(2)16(26)24(3)14(12)25)21-15(22)28-9-8-27-11-6-4-10(5-7-11)17(18,19)20/h4-7H,8-9H2,1-3H3. The minimum Gasteiger partial charge on any atom is -0.490 e. The molecule has 3 aromatic rings. The Balaban J connectivity index is 1.69. The van der Waals surface area contributed by atoms with Crippen LogP contribution in [0.15, 0.2) is 33.9 Å². The normalized spacial score (nSPS) is 11.8. The lowest BCUT2D eigenvalue weighted by Gasteiger charge is -2.10. The minimum atomic E-state index is -4.40. The Morgan fingerprint density at radius 2 is 1.54 bits per heavy atom. The summed E-state index contributed by atoms with van der Waals surface area (Å²) >= 11 is 0. The van der Waals surface area contributed by atoms with Gasteiger partial charge in [0.25, 0.3) is 11.6 Å². The average molecular weight is 398 g/mol. The highest BCUT2D eigenvalue weighted by molar-refractivity contribution is 5.71. The van der Waals surface area contributed by atoms with Gasteiger partial charge in [-0.05, 0) is 24.3 Å². The van der Waals surface area contributed by atoms with Gasteiger partial charge in [0.2, 0.25) is 0 Å². The van der Waals surface area contributed by atoms with Crippen LogP contribution < -0.4 is 20.7 Å². The fraction of sp³-hybridized carbons (Fsp3) is 0.353. The van der Waals surface area contributed by atoms with Gasteiger partial charge in [-0.2, -0.15) is 18.2 Å². The molecule has 2 aromatic heterocycles. The highest BCUT2D eigenvalue weighted by atomic mass is 19.4. The first-order chi connectivity index (χ1) is 13.1. The SMILES string of the molecule is Cn1c(=O)c2c(nc(OCCOc3ccc(C(F)(F)F)cc3)n2C)n(C)c1=O. The van der Waals surface area contributed by atoms with Crippen molar-refractivity contribution in [2.75, 3.05) is 13.2 Å². The van der Waals surface area contributed by atoms with Gasteiger partial charge in [0, 0.05) is 21.1 Å². The lowest BCUT2D eigenvalue weighted by molar-refractivity contribution is -0.137. The summed E-state index contributed by atoms with van der Waals surface area (Å²) in [6.45, 7) is 0.0813. The quantitative estimate of drug-likeness (QED) is 0.608. The first kappa shape index (κ1) is 19.5. The van der Waals surface area contributed by atoms with E-state index in [1.54, 1.807) is 7.05 Å². The molecule has 0 unspecified atom stereocenters. The molecule has 0 atom stereocenters. The monoisotopic (exact) mass is 398 g/mol. The van der Waals surface area contributed by atoms with Crippen LogP contribution in [-0.2, 0) is 27.3 Å². The van der Waals surface area contributed by atoms with Crippen LogP contribution in [0.1, 0.15) is 5.56 Å². The van der Waals surface area contributed by atoms with Gasteiger partial charge < -0.3 is 9.47 Å². The third-order valence-electron chi connectivity index (χ3n) is 4.20. The average Bonchev–Trinajstić information content (AvgIpc) is 2.98. The minimum absolute atomic E-state index is 0.0342. The number of benzene rings is 1. The Labute approximate surface area is 156 Å². The summed E-state index contributed by atoms with van der Waals surface area (Å²) < 4.78 is 52.1. The summed E-state index contributed by atoms with van der Waals surface area (Å²) in [7, 11) is 4.44. The number of nitrogens with zero attached hydrogens (tertiary/aromatic N) is 4. The lowest BCUT2D eigenvalue weighted by Crippen LogP contribution is -2.37. The maximum atomic E-state index is 12.5. The molecule has 0 amide bonds. The van der Waals surface area contributed by atoms with Crippen LogP contribution in [0.2, 0.25) is 0 Å². The first-order valence-electron chi connectivity index (χ1n) is 8.16. The van der Waals surface area contributed by atoms with Crippen molar-refractivity contribution in [2.24, 2.45) is 21.1 Å². The zero-order valence-electron chi connectivity index (χ0n) is 15.3. The van der Waals surface area contributed by atoms with Gasteiger partial charge in [-0.1, -0.05) is 0 Å². The van der Waals surface area contributed by atoms with E-state index in [4.69, 9.17) is 9.47 Å². The van der Waals surface area contributed by atoms with Crippen molar-refractivity contribution in [1.82, 2.24) is 18.7 Å². The zero-order valence-corrected chi connectivity index (χ0v) is 15.3. The summed E-state index contributed by atoms with van der Waals surface area (Å²) in [6.07, 6.45) is -4.40. The van der Waals surface area contributed by atoms with Crippen molar-refractivity contribution >= 4 is 11.2 Å². The molecule has 8 nitrogen and oxygen atoms in total. The van der Waals surface area contributed by atoms with Gasteiger partial charge in [-0.3, -0.25) is 18.5 Å². The molecule has 0 aliphatic heterocycles. The zero-order chi connectivity index (χ0) is 20.6. The van der Waals surface area contributed by atoms with Gasteiger partial charge in [-0.15, -0.1) is 0 Å². The molecule has 0 aliphatic carbocycles. The van der Waals surface area contributed by atoms with Gasteiger partial charge in [0.05, 0.1) is 5.56 Å². The van der Waals surface area contributed by atoms with Crippen LogP contribution in [0.3, 0.4) is 0 Å². The van der Waals surface area contributed by atoms with E-state index in [9.17, 15) is 22.8 Å². The second-order valence-electron chi connectivity index (χ2n) is 6.05. The van der Waals surface area contributed by atoms with Gasteiger partial charge in [-0.25, -0.2) is 4.79 Å². The molecule has 0 spiro atoms. The van der Waals surface area contributed by atoms with Crippen molar-refractivity contribution in [3.05, 3.63) is 50.7 Å². The number of ether oxygens (including phenoxy) is 2. The molecule has 28 heavy (non-hydrogen) atoms. The number of fused-ring (bicyclic) bond motifs is 1. The molecule has 2 heterocycles. The maximum absolute atomic E-state index is 12.5. The Kier molecular flexibility index (Phi) is 4.92. The Hall–Kier alpha value is -3.24. The fourth-order valence-electron chi connectivity index (χ4n) is 2.66. The van der Waals surface area contributed by atoms with Gasteiger partial charge in [0.1, 0.15) is 19.0 Å². The van der Waals surface area contributed by atoms with E-state index < -0.39 is 23.0 Å². The topological polar surface area (TPSA) is 80.3 Å². The summed E-state index contributed by atoms with van der Waals surface area (Å²) in [6, 6.07) is 4.41. The lowest BCUT2D eigenvalue weighted by atomic mass is 10.2. The van der Waals surface area contributed by atoms with E-state index in [-0.39, 0.29) is 36.1 Å². The predicted octanol–water partition coefficient (Wildman–Crippen LogP) is 1.45. The largest absolute Gasteiger partial charge is 0.490 e. The van der Waals surface area contributed by atoms with Crippen LogP contribution in [0.5, 0.6) is 11.8 Å². The molecule has 0 fully saturated rings. The molecule has 11 heteroatoms. The second kappa shape index (κ2) is 7.06. The number of aryl methyl sites for hydroxylation is 2. The molecule has 0 bridgehead atoms. The Morgan fingerprint density at radius 3 is 2.14 bits per heavy atom. The van der Waals surface area contributed by atoms with E-state index in [0.717, 1.165) is 16.7 Å². The molecular weight excluding hydrogens is 381 g/mol. The first-order valence-corrected chi connectivity index (χ1v) is 8.16. The van der Waals surface area contributed by atoms with Gasteiger partial charge in [0.15, 0.2) is 11.2 Å². The predicted molar refractivity (Wildman–Crippen MR) is 93.6 cm³/mol. The van der Waals surface area contributed by atoms with E-state index in [2.05, 4.69) is 4.98 Å². The van der Waals surface area contributed by atoms with Crippen molar-refractivity contribution in [3.63, 3.8) is 0 Å². The summed E-state index contributed by atoms with van der Waals surface area (Å²) in [5.74, 6) is 0.262. The molecule has 150 valence electrons. The molecular formula is C17H17F3N4O4. The Morgan fingerprint density at radius 1 is 0.929 bits per heavy atom. The summed E-state index contributed by atoms with van der Waals surface area (Å²) in [4.78, 5) is 28.4.